The third-order valence-corrected chi connectivity index (χ3v) is 7.49. The number of benzene rings is 1. The van der Waals surface area contributed by atoms with Crippen molar-refractivity contribution >= 4 is 27.3 Å². The van der Waals surface area contributed by atoms with Crippen LogP contribution in [0.25, 0.3) is 0 Å². The van der Waals surface area contributed by atoms with Gasteiger partial charge in [0.1, 0.15) is 4.21 Å². The van der Waals surface area contributed by atoms with Gasteiger partial charge in [-0.1, -0.05) is 36.4 Å². The molecule has 7 heteroatoms. The van der Waals surface area contributed by atoms with Gasteiger partial charge in [-0.2, -0.15) is 0 Å². The van der Waals surface area contributed by atoms with E-state index in [1.165, 1.54) is 11.3 Å². The Morgan fingerprint density at radius 3 is 2.73 bits per heavy atom. The monoisotopic (exact) mass is 392 g/mol. The van der Waals surface area contributed by atoms with Crippen LogP contribution in [0.3, 0.4) is 0 Å². The summed E-state index contributed by atoms with van der Waals surface area (Å²) in [5.74, 6) is 0.318. The van der Waals surface area contributed by atoms with E-state index in [4.69, 9.17) is 0 Å². The molecule has 5 nitrogen and oxygen atoms in total. The number of carbonyl (C=O) groups is 1. The first-order chi connectivity index (χ1) is 12.5. The van der Waals surface area contributed by atoms with Crippen LogP contribution in [0, 0.1) is 5.92 Å². The van der Waals surface area contributed by atoms with Crippen molar-refractivity contribution in [1.29, 1.82) is 0 Å². The SMILES string of the molecule is O=C(CCc1ccccc1)N1CCC[C@H](CNS(=O)(=O)c2cccs2)C1. The summed E-state index contributed by atoms with van der Waals surface area (Å²) in [5.41, 5.74) is 1.16. The average molecular weight is 393 g/mol. The van der Waals surface area contributed by atoms with E-state index in [9.17, 15) is 13.2 Å². The summed E-state index contributed by atoms with van der Waals surface area (Å²) in [6.07, 6.45) is 3.10. The molecule has 1 atom stereocenters. The number of hydrogen-bond acceptors (Lipinski definition) is 4. The zero-order chi connectivity index (χ0) is 18.4. The normalized spacial score (nSPS) is 18.0. The molecule has 0 unspecified atom stereocenters. The lowest BCUT2D eigenvalue weighted by Crippen LogP contribution is -2.43. The van der Waals surface area contributed by atoms with Crippen LogP contribution in [0.1, 0.15) is 24.8 Å². The molecule has 1 aliphatic rings. The second kappa shape index (κ2) is 8.79. The molecule has 1 saturated heterocycles. The van der Waals surface area contributed by atoms with E-state index in [-0.39, 0.29) is 11.8 Å². The first-order valence-electron chi connectivity index (χ1n) is 8.89. The zero-order valence-corrected chi connectivity index (χ0v) is 16.3. The molecule has 0 aliphatic carbocycles. The first-order valence-corrected chi connectivity index (χ1v) is 11.3. The van der Waals surface area contributed by atoms with Gasteiger partial charge in [-0.15, -0.1) is 11.3 Å². The number of sulfonamides is 1. The van der Waals surface area contributed by atoms with Crippen LogP contribution in [-0.4, -0.2) is 38.9 Å². The summed E-state index contributed by atoms with van der Waals surface area (Å²) in [7, 11) is -3.44. The summed E-state index contributed by atoms with van der Waals surface area (Å²) in [4.78, 5) is 14.4. The third kappa shape index (κ3) is 5.16. The molecular formula is C19H24N2O3S2. The Hall–Kier alpha value is -1.70. The Balaban J connectivity index is 1.48. The zero-order valence-electron chi connectivity index (χ0n) is 14.6. The van der Waals surface area contributed by atoms with Gasteiger partial charge in [0.25, 0.3) is 0 Å². The van der Waals surface area contributed by atoms with E-state index in [1.54, 1.807) is 17.5 Å². The molecule has 26 heavy (non-hydrogen) atoms. The van der Waals surface area contributed by atoms with Crippen molar-refractivity contribution in [3.05, 3.63) is 53.4 Å². The van der Waals surface area contributed by atoms with E-state index in [1.807, 2.05) is 35.2 Å². The number of rotatable bonds is 7. The number of nitrogens with zero attached hydrogens (tertiary/aromatic N) is 1. The number of piperidine rings is 1. The van der Waals surface area contributed by atoms with Crippen LogP contribution in [0.4, 0.5) is 0 Å². The van der Waals surface area contributed by atoms with Gasteiger partial charge in [-0.3, -0.25) is 4.79 Å². The van der Waals surface area contributed by atoms with Crippen LogP contribution in [0.5, 0.6) is 0 Å². The topological polar surface area (TPSA) is 66.5 Å². The molecular weight excluding hydrogens is 368 g/mol. The summed E-state index contributed by atoms with van der Waals surface area (Å²) < 4.78 is 27.5. The molecule has 1 aromatic carbocycles. The molecule has 2 heterocycles. The fourth-order valence-corrected chi connectivity index (χ4v) is 5.38. The van der Waals surface area contributed by atoms with Crippen molar-refractivity contribution in [3.8, 4) is 0 Å². The molecule has 1 fully saturated rings. The quantitative estimate of drug-likeness (QED) is 0.788. The van der Waals surface area contributed by atoms with Crippen molar-refractivity contribution < 1.29 is 13.2 Å². The van der Waals surface area contributed by atoms with Crippen molar-refractivity contribution in [2.24, 2.45) is 5.92 Å². The number of aryl methyl sites for hydroxylation is 1. The van der Waals surface area contributed by atoms with E-state index in [0.29, 0.717) is 23.7 Å². The molecule has 1 amide bonds. The second-order valence-corrected chi connectivity index (χ2v) is 9.56. The molecule has 1 aliphatic heterocycles. The lowest BCUT2D eigenvalue weighted by Gasteiger charge is -2.33. The highest BCUT2D eigenvalue weighted by Gasteiger charge is 2.25. The van der Waals surface area contributed by atoms with Crippen molar-refractivity contribution in [1.82, 2.24) is 9.62 Å². The van der Waals surface area contributed by atoms with Gasteiger partial charge >= 0.3 is 0 Å². The standard InChI is InChI=1S/C19H24N2O3S2/c22-18(11-10-16-6-2-1-3-7-16)21-12-4-8-17(15-21)14-20-26(23,24)19-9-5-13-25-19/h1-3,5-7,9,13,17,20H,4,8,10-12,14-15H2/t17-/m1/s1. The Kier molecular flexibility index (Phi) is 6.45. The molecule has 140 valence electrons. The smallest absolute Gasteiger partial charge is 0.250 e. The van der Waals surface area contributed by atoms with Crippen molar-refractivity contribution in [2.75, 3.05) is 19.6 Å². The number of carbonyl (C=O) groups excluding carboxylic acids is 1. The maximum absolute atomic E-state index is 12.5. The first kappa shape index (κ1) is 19.1. The molecule has 0 spiro atoms. The maximum Gasteiger partial charge on any atom is 0.250 e. The lowest BCUT2D eigenvalue weighted by molar-refractivity contribution is -0.132. The third-order valence-electron chi connectivity index (χ3n) is 4.66. The molecule has 2 aromatic rings. The van der Waals surface area contributed by atoms with E-state index in [0.717, 1.165) is 31.4 Å². The Morgan fingerprint density at radius 2 is 2.00 bits per heavy atom. The molecule has 1 N–H and O–H groups in total. The van der Waals surface area contributed by atoms with Gasteiger partial charge in [0.15, 0.2) is 0 Å². The highest BCUT2D eigenvalue weighted by atomic mass is 32.2. The van der Waals surface area contributed by atoms with E-state index in [2.05, 4.69) is 4.72 Å². The number of hydrogen-bond donors (Lipinski definition) is 1. The van der Waals surface area contributed by atoms with E-state index >= 15 is 0 Å². The highest BCUT2D eigenvalue weighted by molar-refractivity contribution is 7.91. The number of thiophene rings is 1. The van der Waals surface area contributed by atoms with E-state index < -0.39 is 10.0 Å². The van der Waals surface area contributed by atoms with Gasteiger partial charge in [-0.25, -0.2) is 13.1 Å². The summed E-state index contributed by atoms with van der Waals surface area (Å²) >= 11 is 1.21. The maximum atomic E-state index is 12.5. The van der Waals surface area contributed by atoms with Gasteiger partial charge in [0.2, 0.25) is 15.9 Å². The predicted octanol–water partition coefficient (Wildman–Crippen LogP) is 2.90. The lowest BCUT2D eigenvalue weighted by atomic mass is 9.97. The fraction of sp³-hybridized carbons (Fsp3) is 0.421. The molecule has 3 rings (SSSR count). The second-order valence-electron chi connectivity index (χ2n) is 6.62. The highest BCUT2D eigenvalue weighted by Crippen LogP contribution is 2.19. The Morgan fingerprint density at radius 1 is 1.19 bits per heavy atom. The minimum absolute atomic E-state index is 0.152. The summed E-state index contributed by atoms with van der Waals surface area (Å²) in [6, 6.07) is 13.3. The molecule has 1 aromatic heterocycles. The minimum atomic E-state index is -3.44. The molecule has 0 radical (unpaired) electrons. The van der Waals surface area contributed by atoms with Crippen LogP contribution in [-0.2, 0) is 21.2 Å². The van der Waals surface area contributed by atoms with Gasteiger partial charge in [-0.05, 0) is 42.2 Å². The number of likely N-dealkylation sites (tertiary alicyclic amines) is 1. The minimum Gasteiger partial charge on any atom is -0.342 e. The van der Waals surface area contributed by atoms with Crippen molar-refractivity contribution in [2.45, 2.75) is 29.9 Å². The van der Waals surface area contributed by atoms with Crippen LogP contribution >= 0.6 is 11.3 Å². The predicted molar refractivity (Wildman–Crippen MR) is 104 cm³/mol. The summed E-state index contributed by atoms with van der Waals surface area (Å²) in [5, 5.41) is 1.75. The number of amides is 1. The average Bonchev–Trinajstić information content (AvgIpc) is 3.21. The largest absolute Gasteiger partial charge is 0.342 e. The fourth-order valence-electron chi connectivity index (χ4n) is 3.23. The van der Waals surface area contributed by atoms with Gasteiger partial charge in [0, 0.05) is 26.1 Å². The Bertz CT molecular complexity index is 805. The summed E-state index contributed by atoms with van der Waals surface area (Å²) in [6.45, 7) is 1.77. The van der Waals surface area contributed by atoms with Crippen molar-refractivity contribution in [3.63, 3.8) is 0 Å². The molecule has 0 saturated carbocycles. The van der Waals surface area contributed by atoms with Gasteiger partial charge < -0.3 is 4.90 Å². The van der Waals surface area contributed by atoms with Gasteiger partial charge in [0.05, 0.1) is 0 Å². The Labute approximate surface area is 159 Å². The van der Waals surface area contributed by atoms with Crippen LogP contribution in [0.2, 0.25) is 0 Å². The molecule has 0 bridgehead atoms. The van der Waals surface area contributed by atoms with Crippen LogP contribution < -0.4 is 4.72 Å². The number of nitrogens with one attached hydrogen (secondary N) is 1. The van der Waals surface area contributed by atoms with Crippen LogP contribution in [0.15, 0.2) is 52.1 Å².